The minimum absolute atomic E-state index is 0.0827. The maximum Gasteiger partial charge on any atom is 0.329 e. The lowest BCUT2D eigenvalue weighted by Crippen LogP contribution is -2.57. The van der Waals surface area contributed by atoms with Gasteiger partial charge in [-0.3, -0.25) is 14.2 Å². The number of alkyl halides is 1. The van der Waals surface area contributed by atoms with E-state index in [0.717, 1.165) is 4.57 Å². The minimum atomic E-state index is -1.31. The van der Waals surface area contributed by atoms with E-state index < -0.39 is 47.9 Å². The number of benzene rings is 1. The zero-order valence-electron chi connectivity index (χ0n) is 15.6. The summed E-state index contributed by atoms with van der Waals surface area (Å²) in [7, 11) is 0. The summed E-state index contributed by atoms with van der Waals surface area (Å²) < 4.78 is 15.0. The standard InChI is InChI=1S/C19H19FN6O3/c1-10(17-14(20)5-12(7-22)8-23-17)24-16(27)9-26-18(28)13-4-11(6-21)2-3-15(13)25-19(26)29/h2-4,10,12,14,17,23H,5,8-9H2,1H3,(H,24,27)(H,25,29)/t10-,12?,14?,17?/m1/s1. The highest BCUT2D eigenvalue weighted by atomic mass is 19.1. The normalized spacial score (nSPS) is 22.4. The number of rotatable bonds is 4. The highest BCUT2D eigenvalue weighted by Gasteiger charge is 2.34. The number of halogens is 1. The predicted molar refractivity (Wildman–Crippen MR) is 102 cm³/mol. The van der Waals surface area contributed by atoms with E-state index in [1.807, 2.05) is 12.1 Å². The maximum absolute atomic E-state index is 14.3. The monoisotopic (exact) mass is 398 g/mol. The van der Waals surface area contributed by atoms with E-state index in [1.165, 1.54) is 18.2 Å². The third-order valence-electron chi connectivity index (χ3n) is 5.02. The van der Waals surface area contributed by atoms with E-state index in [4.69, 9.17) is 10.5 Å². The van der Waals surface area contributed by atoms with Gasteiger partial charge in [0, 0.05) is 12.6 Å². The zero-order chi connectivity index (χ0) is 21.1. The average molecular weight is 398 g/mol. The molecular formula is C19H19FN6O3. The van der Waals surface area contributed by atoms with Gasteiger partial charge in [0.15, 0.2) is 0 Å². The van der Waals surface area contributed by atoms with Crippen LogP contribution >= 0.6 is 0 Å². The number of H-pyrrole nitrogens is 1. The summed E-state index contributed by atoms with van der Waals surface area (Å²) >= 11 is 0. The Bertz CT molecular complexity index is 1140. The molecule has 0 spiro atoms. The van der Waals surface area contributed by atoms with E-state index in [1.54, 1.807) is 6.92 Å². The number of nitrogens with one attached hydrogen (secondary N) is 3. The van der Waals surface area contributed by atoms with Crippen molar-refractivity contribution in [2.45, 2.75) is 38.1 Å². The molecule has 1 aliphatic rings. The molecule has 0 aliphatic carbocycles. The molecule has 29 heavy (non-hydrogen) atoms. The highest BCUT2D eigenvalue weighted by molar-refractivity contribution is 5.80. The Morgan fingerprint density at radius 1 is 1.41 bits per heavy atom. The SMILES string of the molecule is C[C@@H](NC(=O)Cn1c(=O)[nH]c2ccc(C#N)cc2c1=O)C1NCC(C#N)CC1F. The fourth-order valence-electron chi connectivity index (χ4n) is 3.49. The van der Waals surface area contributed by atoms with Crippen molar-refractivity contribution in [2.75, 3.05) is 6.54 Å². The molecule has 0 radical (unpaired) electrons. The van der Waals surface area contributed by atoms with Crippen molar-refractivity contribution in [3.05, 3.63) is 44.6 Å². The number of carbonyl (C=O) groups excluding carboxylic acids is 1. The van der Waals surface area contributed by atoms with Gasteiger partial charge >= 0.3 is 5.69 Å². The molecule has 1 aliphatic heterocycles. The number of nitrogens with zero attached hydrogens (tertiary/aromatic N) is 3. The van der Waals surface area contributed by atoms with E-state index in [0.29, 0.717) is 6.54 Å². The van der Waals surface area contributed by atoms with Crippen LogP contribution in [0.25, 0.3) is 10.9 Å². The van der Waals surface area contributed by atoms with Crippen molar-refractivity contribution >= 4 is 16.8 Å². The molecule has 2 aromatic rings. The number of aromatic nitrogens is 2. The first-order valence-corrected chi connectivity index (χ1v) is 9.07. The lowest BCUT2D eigenvalue weighted by molar-refractivity contribution is -0.122. The van der Waals surface area contributed by atoms with Crippen LogP contribution in [0.4, 0.5) is 4.39 Å². The summed E-state index contributed by atoms with van der Waals surface area (Å²) in [6.07, 6.45) is -1.22. The molecule has 2 heterocycles. The summed E-state index contributed by atoms with van der Waals surface area (Å²) in [5.74, 6) is -1.05. The number of fused-ring (bicyclic) bond motifs is 1. The fraction of sp³-hybridized carbons (Fsp3) is 0.421. The number of carbonyl (C=O) groups is 1. The van der Waals surface area contributed by atoms with Crippen LogP contribution in [0.5, 0.6) is 0 Å². The number of hydrogen-bond acceptors (Lipinski definition) is 6. The fourth-order valence-corrected chi connectivity index (χ4v) is 3.49. The molecule has 4 atom stereocenters. The Morgan fingerprint density at radius 3 is 2.83 bits per heavy atom. The van der Waals surface area contributed by atoms with Crippen molar-refractivity contribution < 1.29 is 9.18 Å². The molecule has 1 aromatic carbocycles. The topological polar surface area (TPSA) is 144 Å². The van der Waals surface area contributed by atoms with Crippen LogP contribution in [-0.4, -0.2) is 40.3 Å². The molecule has 9 nitrogen and oxygen atoms in total. The second-order valence-electron chi connectivity index (χ2n) is 7.06. The molecule has 10 heteroatoms. The minimum Gasteiger partial charge on any atom is -0.350 e. The number of hydrogen-bond donors (Lipinski definition) is 3. The molecule has 3 N–H and O–H groups in total. The van der Waals surface area contributed by atoms with E-state index >= 15 is 0 Å². The van der Waals surface area contributed by atoms with Gasteiger partial charge in [0.2, 0.25) is 5.91 Å². The molecule has 3 unspecified atom stereocenters. The van der Waals surface area contributed by atoms with Crippen molar-refractivity contribution in [3.63, 3.8) is 0 Å². The number of piperidine rings is 1. The van der Waals surface area contributed by atoms with Crippen molar-refractivity contribution in [1.29, 1.82) is 10.5 Å². The van der Waals surface area contributed by atoms with Crippen LogP contribution in [0.1, 0.15) is 18.9 Å². The second kappa shape index (κ2) is 8.25. The molecule has 0 saturated carbocycles. The van der Waals surface area contributed by atoms with Crippen LogP contribution in [0, 0.1) is 28.6 Å². The van der Waals surface area contributed by atoms with Gasteiger partial charge < -0.3 is 15.6 Å². The largest absolute Gasteiger partial charge is 0.350 e. The Balaban J connectivity index is 1.76. The van der Waals surface area contributed by atoms with Gasteiger partial charge in [0.05, 0.1) is 40.6 Å². The summed E-state index contributed by atoms with van der Waals surface area (Å²) in [4.78, 5) is 39.7. The Hall–Kier alpha value is -3.50. The molecular weight excluding hydrogens is 379 g/mol. The number of aromatic amines is 1. The first kappa shape index (κ1) is 20.2. The molecule has 150 valence electrons. The van der Waals surface area contributed by atoms with E-state index in [9.17, 15) is 18.8 Å². The van der Waals surface area contributed by atoms with Crippen LogP contribution in [0.15, 0.2) is 27.8 Å². The lowest BCUT2D eigenvalue weighted by Gasteiger charge is -2.34. The quantitative estimate of drug-likeness (QED) is 0.656. The summed E-state index contributed by atoms with van der Waals surface area (Å²) in [5, 5.41) is 23.5. The van der Waals surface area contributed by atoms with Gasteiger partial charge in [0.25, 0.3) is 5.56 Å². The van der Waals surface area contributed by atoms with Crippen molar-refractivity contribution in [2.24, 2.45) is 5.92 Å². The Kier molecular flexibility index (Phi) is 5.76. The van der Waals surface area contributed by atoms with Gasteiger partial charge in [-0.05, 0) is 31.5 Å². The first-order valence-electron chi connectivity index (χ1n) is 9.07. The maximum atomic E-state index is 14.3. The van der Waals surface area contributed by atoms with Gasteiger partial charge in [0.1, 0.15) is 12.7 Å². The van der Waals surface area contributed by atoms with Crippen LogP contribution < -0.4 is 21.9 Å². The van der Waals surface area contributed by atoms with Crippen LogP contribution in [0.3, 0.4) is 0 Å². The smallest absolute Gasteiger partial charge is 0.329 e. The molecule has 0 bridgehead atoms. The average Bonchev–Trinajstić information content (AvgIpc) is 2.70. The second-order valence-corrected chi connectivity index (χ2v) is 7.06. The number of nitriles is 2. The third-order valence-corrected chi connectivity index (χ3v) is 5.02. The summed E-state index contributed by atoms with van der Waals surface area (Å²) in [5.41, 5.74) is -0.937. The predicted octanol–water partition coefficient (Wildman–Crippen LogP) is -0.0940. The lowest BCUT2D eigenvalue weighted by atomic mass is 9.90. The van der Waals surface area contributed by atoms with Crippen molar-refractivity contribution in [1.82, 2.24) is 20.2 Å². The Labute approximate surface area is 164 Å². The number of amides is 1. The van der Waals surface area contributed by atoms with Crippen LogP contribution in [-0.2, 0) is 11.3 Å². The van der Waals surface area contributed by atoms with Crippen LogP contribution in [0.2, 0.25) is 0 Å². The molecule has 1 aromatic heterocycles. The zero-order valence-corrected chi connectivity index (χ0v) is 15.6. The van der Waals surface area contributed by atoms with E-state index in [2.05, 4.69) is 15.6 Å². The molecule has 3 rings (SSSR count). The molecule has 1 saturated heterocycles. The highest BCUT2D eigenvalue weighted by Crippen LogP contribution is 2.19. The molecule has 1 fully saturated rings. The summed E-state index contributed by atoms with van der Waals surface area (Å²) in [6, 6.07) is 6.91. The molecule has 1 amide bonds. The van der Waals surface area contributed by atoms with E-state index in [-0.39, 0.29) is 22.9 Å². The van der Waals surface area contributed by atoms with Gasteiger partial charge in [-0.1, -0.05) is 0 Å². The summed E-state index contributed by atoms with van der Waals surface area (Å²) in [6.45, 7) is 1.39. The van der Waals surface area contributed by atoms with Gasteiger partial charge in [-0.25, -0.2) is 9.18 Å². The van der Waals surface area contributed by atoms with Crippen molar-refractivity contribution in [3.8, 4) is 12.1 Å². The third kappa shape index (κ3) is 4.18. The first-order chi connectivity index (χ1) is 13.8. The van der Waals surface area contributed by atoms with Gasteiger partial charge in [-0.15, -0.1) is 0 Å². The van der Waals surface area contributed by atoms with Gasteiger partial charge in [-0.2, -0.15) is 10.5 Å². The Morgan fingerprint density at radius 2 is 2.17 bits per heavy atom.